The van der Waals surface area contributed by atoms with Crippen LogP contribution in [0.25, 0.3) is 11.4 Å². The molecule has 0 N–H and O–H groups in total. The molecule has 1 heterocycles. The summed E-state index contributed by atoms with van der Waals surface area (Å²) < 4.78 is 1.34. The molecule has 1 aromatic heterocycles. The number of carbonyl (C=O) groups excluding carboxylic acids is 1. The van der Waals surface area contributed by atoms with E-state index in [1.54, 1.807) is 14.1 Å². The Morgan fingerprint density at radius 3 is 2.23 bits per heavy atom. The number of carbonyl (C=O) groups is 1. The molecule has 0 atom stereocenters. The average Bonchev–Trinajstić information content (AvgIpc) is 2.89. The molecule has 1 aromatic carbocycles. The number of thioether (sulfide) groups is 1. The molecule has 1 amide bonds. The van der Waals surface area contributed by atoms with Crippen molar-refractivity contribution in [3.63, 3.8) is 0 Å². The third kappa shape index (κ3) is 3.32. The van der Waals surface area contributed by atoms with Crippen LogP contribution in [0.3, 0.4) is 0 Å². The SMILES string of the molecule is CSc1nc(-c2ccc(C(C)(C)C)cc2)nn1C(=O)N(C)C. The lowest BCUT2D eigenvalue weighted by Crippen LogP contribution is -2.28. The first-order valence-electron chi connectivity index (χ1n) is 7.07. The highest BCUT2D eigenvalue weighted by Crippen LogP contribution is 2.26. The maximum absolute atomic E-state index is 12.1. The van der Waals surface area contributed by atoms with Crippen molar-refractivity contribution in [2.24, 2.45) is 0 Å². The molecule has 0 bridgehead atoms. The molecule has 0 aliphatic heterocycles. The van der Waals surface area contributed by atoms with Crippen LogP contribution in [0.2, 0.25) is 0 Å². The van der Waals surface area contributed by atoms with Crippen LogP contribution in [0.1, 0.15) is 26.3 Å². The maximum Gasteiger partial charge on any atom is 0.346 e. The van der Waals surface area contributed by atoms with Crippen LogP contribution in [0.5, 0.6) is 0 Å². The van der Waals surface area contributed by atoms with Gasteiger partial charge in [0.15, 0.2) is 11.0 Å². The zero-order chi connectivity index (χ0) is 16.5. The molecule has 0 aliphatic rings. The Morgan fingerprint density at radius 2 is 1.77 bits per heavy atom. The molecule has 6 heteroatoms. The van der Waals surface area contributed by atoms with Crippen LogP contribution in [0.4, 0.5) is 4.79 Å². The van der Waals surface area contributed by atoms with Gasteiger partial charge >= 0.3 is 6.03 Å². The third-order valence-electron chi connectivity index (χ3n) is 3.33. The summed E-state index contributed by atoms with van der Waals surface area (Å²) in [6.45, 7) is 6.53. The first kappa shape index (κ1) is 16.5. The maximum atomic E-state index is 12.1. The predicted octanol–water partition coefficient (Wildman–Crippen LogP) is 3.49. The molecule has 0 fully saturated rings. The fourth-order valence-corrected chi connectivity index (χ4v) is 2.46. The Morgan fingerprint density at radius 1 is 1.18 bits per heavy atom. The van der Waals surface area contributed by atoms with Crippen LogP contribution < -0.4 is 0 Å². The smallest absolute Gasteiger partial charge is 0.329 e. The van der Waals surface area contributed by atoms with Gasteiger partial charge < -0.3 is 4.90 Å². The van der Waals surface area contributed by atoms with E-state index in [-0.39, 0.29) is 11.4 Å². The Labute approximate surface area is 135 Å². The van der Waals surface area contributed by atoms with Crippen molar-refractivity contribution in [1.29, 1.82) is 0 Å². The van der Waals surface area contributed by atoms with Crippen molar-refractivity contribution in [2.75, 3.05) is 20.4 Å². The van der Waals surface area contributed by atoms with E-state index in [1.165, 1.54) is 26.9 Å². The summed E-state index contributed by atoms with van der Waals surface area (Å²) in [5.41, 5.74) is 2.27. The van der Waals surface area contributed by atoms with E-state index < -0.39 is 0 Å². The largest absolute Gasteiger partial charge is 0.346 e. The predicted molar refractivity (Wildman–Crippen MR) is 90.4 cm³/mol. The average molecular weight is 318 g/mol. The Hall–Kier alpha value is -1.82. The van der Waals surface area contributed by atoms with Gasteiger partial charge in [0.1, 0.15) is 0 Å². The van der Waals surface area contributed by atoms with E-state index in [9.17, 15) is 4.79 Å². The number of nitrogens with zero attached hydrogens (tertiary/aromatic N) is 4. The summed E-state index contributed by atoms with van der Waals surface area (Å²) >= 11 is 1.41. The van der Waals surface area contributed by atoms with Gasteiger partial charge in [0.2, 0.25) is 0 Å². The molecule has 22 heavy (non-hydrogen) atoms. The summed E-state index contributed by atoms with van der Waals surface area (Å²) in [6, 6.07) is 7.98. The summed E-state index contributed by atoms with van der Waals surface area (Å²) in [5, 5.41) is 4.95. The number of aromatic nitrogens is 3. The summed E-state index contributed by atoms with van der Waals surface area (Å²) in [7, 11) is 3.40. The van der Waals surface area contributed by atoms with E-state index in [4.69, 9.17) is 0 Å². The van der Waals surface area contributed by atoms with Crippen LogP contribution in [0.15, 0.2) is 29.4 Å². The molecule has 0 saturated carbocycles. The summed E-state index contributed by atoms with van der Waals surface area (Å²) in [4.78, 5) is 18.1. The number of rotatable bonds is 2. The van der Waals surface area contributed by atoms with Crippen molar-refractivity contribution < 1.29 is 4.79 Å². The first-order chi connectivity index (χ1) is 10.2. The Bertz CT molecular complexity index is 668. The second kappa shape index (κ2) is 6.12. The van der Waals surface area contributed by atoms with Gasteiger partial charge in [-0.1, -0.05) is 56.8 Å². The van der Waals surface area contributed by atoms with Crippen LogP contribution in [-0.4, -0.2) is 46.0 Å². The van der Waals surface area contributed by atoms with Crippen molar-refractivity contribution in [3.05, 3.63) is 29.8 Å². The minimum absolute atomic E-state index is 0.108. The molecule has 0 spiro atoms. The van der Waals surface area contributed by atoms with Gasteiger partial charge in [-0.2, -0.15) is 4.68 Å². The van der Waals surface area contributed by atoms with Crippen molar-refractivity contribution in [1.82, 2.24) is 19.7 Å². The molecule has 2 aromatic rings. The standard InChI is InChI=1S/C16H22N4OS/c1-16(2,3)12-9-7-11(8-10-12)13-17-14(22-6)20(18-13)15(21)19(4)5/h7-10H,1-6H3. The normalized spacial score (nSPS) is 11.5. The minimum atomic E-state index is -0.200. The van der Waals surface area contributed by atoms with Crippen molar-refractivity contribution in [3.8, 4) is 11.4 Å². The molecular weight excluding hydrogens is 296 g/mol. The molecule has 0 saturated heterocycles. The molecule has 0 radical (unpaired) electrons. The van der Waals surface area contributed by atoms with E-state index in [0.717, 1.165) is 5.56 Å². The third-order valence-corrected chi connectivity index (χ3v) is 3.96. The molecule has 118 valence electrons. The van der Waals surface area contributed by atoms with Crippen LogP contribution in [-0.2, 0) is 5.41 Å². The Kier molecular flexibility index (Phi) is 4.60. The minimum Gasteiger partial charge on any atom is -0.329 e. The first-order valence-corrected chi connectivity index (χ1v) is 8.30. The zero-order valence-electron chi connectivity index (χ0n) is 13.9. The highest BCUT2D eigenvalue weighted by atomic mass is 32.2. The van der Waals surface area contributed by atoms with E-state index >= 15 is 0 Å². The fourth-order valence-electron chi connectivity index (χ4n) is 1.99. The van der Waals surface area contributed by atoms with Gasteiger partial charge in [-0.3, -0.25) is 0 Å². The molecule has 0 unspecified atom stereocenters. The van der Waals surface area contributed by atoms with Crippen LogP contribution in [0, 0.1) is 0 Å². The van der Waals surface area contributed by atoms with Gasteiger partial charge in [0.25, 0.3) is 0 Å². The van der Waals surface area contributed by atoms with Gasteiger partial charge in [-0.25, -0.2) is 9.78 Å². The van der Waals surface area contributed by atoms with Gasteiger partial charge in [0, 0.05) is 19.7 Å². The summed E-state index contributed by atoms with van der Waals surface area (Å²) in [6.07, 6.45) is 1.88. The lowest BCUT2D eigenvalue weighted by atomic mass is 9.87. The number of hydrogen-bond acceptors (Lipinski definition) is 4. The molecule has 0 aliphatic carbocycles. The Balaban J connectivity index is 2.39. The highest BCUT2D eigenvalue weighted by molar-refractivity contribution is 7.98. The van der Waals surface area contributed by atoms with Gasteiger partial charge in [-0.15, -0.1) is 5.10 Å². The monoisotopic (exact) mass is 318 g/mol. The number of hydrogen-bond donors (Lipinski definition) is 0. The summed E-state index contributed by atoms with van der Waals surface area (Å²) in [5.74, 6) is 0.569. The van der Waals surface area contributed by atoms with Gasteiger partial charge in [0.05, 0.1) is 0 Å². The van der Waals surface area contributed by atoms with Crippen molar-refractivity contribution >= 4 is 17.8 Å². The molecule has 5 nitrogen and oxygen atoms in total. The lowest BCUT2D eigenvalue weighted by Gasteiger charge is -2.18. The second-order valence-electron chi connectivity index (χ2n) is 6.34. The van der Waals surface area contributed by atoms with E-state index in [1.807, 2.05) is 18.4 Å². The highest BCUT2D eigenvalue weighted by Gasteiger charge is 2.19. The lowest BCUT2D eigenvalue weighted by molar-refractivity contribution is 0.213. The topological polar surface area (TPSA) is 51.0 Å². The molecular formula is C16H22N4OS. The second-order valence-corrected chi connectivity index (χ2v) is 7.11. The fraction of sp³-hybridized carbons (Fsp3) is 0.438. The number of amides is 1. The number of benzene rings is 1. The van der Waals surface area contributed by atoms with Crippen molar-refractivity contribution in [2.45, 2.75) is 31.3 Å². The molecule has 2 rings (SSSR count). The van der Waals surface area contributed by atoms with Gasteiger partial charge in [-0.05, 0) is 17.2 Å². The van der Waals surface area contributed by atoms with Crippen LogP contribution >= 0.6 is 11.8 Å². The van der Waals surface area contributed by atoms with E-state index in [0.29, 0.717) is 11.0 Å². The quantitative estimate of drug-likeness (QED) is 0.795. The zero-order valence-corrected chi connectivity index (χ0v) is 14.7. The van der Waals surface area contributed by atoms with E-state index in [2.05, 4.69) is 43.0 Å².